The zero-order chi connectivity index (χ0) is 14.5. The van der Waals surface area contributed by atoms with Crippen LogP contribution >= 0.6 is 7.60 Å². The van der Waals surface area contributed by atoms with Crippen LogP contribution in [0, 0.1) is 6.92 Å². The van der Waals surface area contributed by atoms with Crippen LogP contribution in [0.1, 0.15) is 56.2 Å². The monoisotopic (exact) mass is 284 g/mol. The third-order valence-electron chi connectivity index (χ3n) is 3.30. The van der Waals surface area contributed by atoms with E-state index >= 15 is 0 Å². The van der Waals surface area contributed by atoms with Gasteiger partial charge in [-0.25, -0.2) is 0 Å². The van der Waals surface area contributed by atoms with Crippen molar-refractivity contribution in [2.45, 2.75) is 59.3 Å². The molecule has 0 bridgehead atoms. The summed E-state index contributed by atoms with van der Waals surface area (Å²) in [5, 5.41) is 0.292. The molecule has 0 radical (unpaired) electrons. The highest BCUT2D eigenvalue weighted by molar-refractivity contribution is 7.60. The Kier molecular flexibility index (Phi) is 6.25. The van der Waals surface area contributed by atoms with Crippen molar-refractivity contribution in [3.63, 3.8) is 0 Å². The van der Waals surface area contributed by atoms with E-state index in [0.29, 0.717) is 5.30 Å². The second kappa shape index (κ2) is 7.23. The molecule has 0 aromatic heterocycles. The molecule has 0 saturated carbocycles. The smallest absolute Gasteiger partial charge is 0.321 e. The maximum Gasteiger partial charge on any atom is 0.356 e. The predicted molar refractivity (Wildman–Crippen MR) is 80.1 cm³/mol. The van der Waals surface area contributed by atoms with E-state index in [-0.39, 0.29) is 0 Å². The third-order valence-corrected chi connectivity index (χ3v) is 4.46. The topological polar surface area (TPSA) is 57.5 Å². The average molecular weight is 284 g/mol. The standard InChI is InChI=1S/C15H25O3P/c1-4-6-8-13-10-12(3)11-14(9-7-5-2)15(13)19(16,17)18/h10-11H,4-9H2,1-3H3,(H2,16,17,18). The normalized spacial score (nSPS) is 11.8. The molecule has 0 spiro atoms. The fourth-order valence-electron chi connectivity index (χ4n) is 2.42. The molecule has 108 valence electrons. The Morgan fingerprint density at radius 3 is 1.74 bits per heavy atom. The van der Waals surface area contributed by atoms with Crippen LogP contribution in [-0.4, -0.2) is 9.79 Å². The van der Waals surface area contributed by atoms with Crippen molar-refractivity contribution in [3.8, 4) is 0 Å². The van der Waals surface area contributed by atoms with Gasteiger partial charge in [-0.05, 0) is 43.7 Å². The summed E-state index contributed by atoms with van der Waals surface area (Å²) >= 11 is 0. The van der Waals surface area contributed by atoms with Crippen molar-refractivity contribution in [2.24, 2.45) is 0 Å². The number of rotatable bonds is 7. The Hall–Kier alpha value is -0.630. The lowest BCUT2D eigenvalue weighted by Crippen LogP contribution is -2.17. The largest absolute Gasteiger partial charge is 0.356 e. The Morgan fingerprint density at radius 2 is 1.42 bits per heavy atom. The molecule has 1 rings (SSSR count). The maximum atomic E-state index is 11.8. The van der Waals surface area contributed by atoms with Crippen LogP contribution in [0.15, 0.2) is 12.1 Å². The average Bonchev–Trinajstić information content (AvgIpc) is 2.31. The zero-order valence-electron chi connectivity index (χ0n) is 12.1. The molecule has 3 nitrogen and oxygen atoms in total. The fraction of sp³-hybridized carbons (Fsp3) is 0.600. The first-order valence-corrected chi connectivity index (χ1v) is 8.69. The molecule has 19 heavy (non-hydrogen) atoms. The van der Waals surface area contributed by atoms with E-state index in [4.69, 9.17) is 0 Å². The third kappa shape index (κ3) is 4.76. The predicted octanol–water partition coefficient (Wildman–Crippen LogP) is 3.48. The summed E-state index contributed by atoms with van der Waals surface area (Å²) in [4.78, 5) is 19.3. The summed E-state index contributed by atoms with van der Waals surface area (Å²) in [6, 6.07) is 3.86. The molecule has 1 aromatic rings. The van der Waals surface area contributed by atoms with Crippen molar-refractivity contribution >= 4 is 12.9 Å². The summed E-state index contributed by atoms with van der Waals surface area (Å²) in [7, 11) is -4.19. The molecule has 0 aliphatic carbocycles. The minimum absolute atomic E-state index is 0.292. The highest BCUT2D eigenvalue weighted by Gasteiger charge is 2.25. The van der Waals surface area contributed by atoms with Crippen LogP contribution in [0.4, 0.5) is 0 Å². The molecular weight excluding hydrogens is 259 g/mol. The zero-order valence-corrected chi connectivity index (χ0v) is 13.0. The highest BCUT2D eigenvalue weighted by atomic mass is 31.2. The summed E-state index contributed by atoms with van der Waals surface area (Å²) in [5.41, 5.74) is 2.76. The minimum atomic E-state index is -4.19. The molecule has 4 heteroatoms. The lowest BCUT2D eigenvalue weighted by atomic mass is 9.99. The summed E-state index contributed by atoms with van der Waals surface area (Å²) in [6.45, 7) is 6.17. The van der Waals surface area contributed by atoms with Crippen molar-refractivity contribution in [1.82, 2.24) is 0 Å². The number of aryl methyl sites for hydroxylation is 3. The van der Waals surface area contributed by atoms with Crippen molar-refractivity contribution in [1.29, 1.82) is 0 Å². The van der Waals surface area contributed by atoms with Crippen LogP contribution < -0.4 is 5.30 Å². The Balaban J connectivity index is 3.27. The van der Waals surface area contributed by atoms with E-state index in [2.05, 4.69) is 13.8 Å². The molecule has 0 unspecified atom stereocenters. The van der Waals surface area contributed by atoms with E-state index in [1.807, 2.05) is 19.1 Å². The first-order chi connectivity index (χ1) is 8.90. The summed E-state index contributed by atoms with van der Waals surface area (Å²) in [5.74, 6) is 0. The van der Waals surface area contributed by atoms with Gasteiger partial charge in [0.05, 0.1) is 5.30 Å². The number of hydrogen-bond donors (Lipinski definition) is 2. The van der Waals surface area contributed by atoms with Crippen LogP contribution in [0.25, 0.3) is 0 Å². The minimum Gasteiger partial charge on any atom is -0.321 e. The van der Waals surface area contributed by atoms with Gasteiger partial charge in [0.2, 0.25) is 0 Å². The SMILES string of the molecule is CCCCc1cc(C)cc(CCCC)c1P(=O)(O)O. The quantitative estimate of drug-likeness (QED) is 0.754. The Bertz CT molecular complexity index is 433. The van der Waals surface area contributed by atoms with Crippen molar-refractivity contribution in [2.75, 3.05) is 0 Å². The first kappa shape index (κ1) is 16.4. The van der Waals surface area contributed by atoms with Gasteiger partial charge in [0.15, 0.2) is 0 Å². The molecule has 0 atom stereocenters. The van der Waals surface area contributed by atoms with Gasteiger partial charge in [0, 0.05) is 0 Å². The van der Waals surface area contributed by atoms with Crippen LogP contribution in [0.5, 0.6) is 0 Å². The molecular formula is C15H25O3P. The van der Waals surface area contributed by atoms with Gasteiger partial charge in [-0.1, -0.05) is 44.4 Å². The molecule has 0 heterocycles. The van der Waals surface area contributed by atoms with E-state index in [1.54, 1.807) is 0 Å². The highest BCUT2D eigenvalue weighted by Crippen LogP contribution is 2.37. The molecule has 2 N–H and O–H groups in total. The van der Waals surface area contributed by atoms with E-state index in [9.17, 15) is 14.4 Å². The number of unbranched alkanes of at least 4 members (excludes halogenated alkanes) is 2. The summed E-state index contributed by atoms with van der Waals surface area (Å²) in [6.07, 6.45) is 5.47. The van der Waals surface area contributed by atoms with E-state index < -0.39 is 7.60 Å². The summed E-state index contributed by atoms with van der Waals surface area (Å²) < 4.78 is 11.8. The van der Waals surface area contributed by atoms with Gasteiger partial charge in [-0.2, -0.15) is 0 Å². The second-order valence-corrected chi connectivity index (χ2v) is 6.72. The van der Waals surface area contributed by atoms with E-state index in [1.165, 1.54) is 0 Å². The van der Waals surface area contributed by atoms with Crippen molar-refractivity contribution in [3.05, 3.63) is 28.8 Å². The number of benzene rings is 1. The van der Waals surface area contributed by atoms with E-state index in [0.717, 1.165) is 55.2 Å². The molecule has 0 saturated heterocycles. The maximum absolute atomic E-state index is 11.8. The Morgan fingerprint density at radius 1 is 1.00 bits per heavy atom. The first-order valence-electron chi connectivity index (χ1n) is 7.08. The lowest BCUT2D eigenvalue weighted by molar-refractivity contribution is 0.386. The van der Waals surface area contributed by atoms with Crippen LogP contribution in [0.2, 0.25) is 0 Å². The van der Waals surface area contributed by atoms with Gasteiger partial charge in [-0.15, -0.1) is 0 Å². The molecule has 0 aliphatic rings. The lowest BCUT2D eigenvalue weighted by Gasteiger charge is -2.17. The molecule has 0 aliphatic heterocycles. The van der Waals surface area contributed by atoms with Crippen LogP contribution in [0.3, 0.4) is 0 Å². The number of hydrogen-bond acceptors (Lipinski definition) is 1. The van der Waals surface area contributed by atoms with Gasteiger partial charge in [0.25, 0.3) is 0 Å². The van der Waals surface area contributed by atoms with Crippen LogP contribution in [-0.2, 0) is 17.4 Å². The molecule has 0 amide bonds. The molecule has 0 fully saturated rings. The van der Waals surface area contributed by atoms with Gasteiger partial charge in [-0.3, -0.25) is 4.57 Å². The van der Waals surface area contributed by atoms with Gasteiger partial charge >= 0.3 is 7.60 Å². The van der Waals surface area contributed by atoms with Gasteiger partial charge in [0.1, 0.15) is 0 Å². The Labute approximate surface area is 116 Å². The second-order valence-electron chi connectivity index (χ2n) is 5.18. The fourth-order valence-corrected chi connectivity index (χ4v) is 3.52. The van der Waals surface area contributed by atoms with Gasteiger partial charge < -0.3 is 9.79 Å². The molecule has 1 aromatic carbocycles. The van der Waals surface area contributed by atoms with Crippen molar-refractivity contribution < 1.29 is 14.4 Å².